The highest BCUT2D eigenvalue weighted by Gasteiger charge is 2.55. The van der Waals surface area contributed by atoms with Gasteiger partial charge in [0.2, 0.25) is 6.79 Å². The van der Waals surface area contributed by atoms with E-state index in [1.165, 1.54) is 30.4 Å². The Kier molecular flexibility index (Phi) is 7.67. The molecule has 6 rings (SSSR count). The molecule has 2 saturated carbocycles. The van der Waals surface area contributed by atoms with E-state index in [2.05, 4.69) is 12.1 Å². The first-order chi connectivity index (χ1) is 19.1. The summed E-state index contributed by atoms with van der Waals surface area (Å²) < 4.78 is 22.3. The topological polar surface area (TPSA) is 74.3 Å². The van der Waals surface area contributed by atoms with Gasteiger partial charge in [0.25, 0.3) is 0 Å². The maximum absolute atomic E-state index is 13.2. The van der Waals surface area contributed by atoms with Crippen LogP contribution in [0.15, 0.2) is 48.5 Å². The summed E-state index contributed by atoms with van der Waals surface area (Å²) in [6.45, 7) is 0.839. The third-order valence-electron chi connectivity index (χ3n) is 9.47. The van der Waals surface area contributed by atoms with Crippen LogP contribution in [0, 0.1) is 5.92 Å². The molecule has 7 heteroatoms. The molecule has 2 aromatic rings. The van der Waals surface area contributed by atoms with Crippen LogP contribution in [0.25, 0.3) is 0 Å². The molecule has 1 amide bonds. The highest BCUT2D eigenvalue weighted by Crippen LogP contribution is 2.56. The average molecular weight is 534 g/mol. The van der Waals surface area contributed by atoms with E-state index in [4.69, 9.17) is 18.9 Å². The number of ether oxygens (including phenoxy) is 4. The van der Waals surface area contributed by atoms with Crippen LogP contribution in [0.5, 0.6) is 5.75 Å². The van der Waals surface area contributed by atoms with Gasteiger partial charge >= 0.3 is 12.2 Å². The van der Waals surface area contributed by atoms with Crippen molar-refractivity contribution >= 4 is 12.2 Å². The number of hydrogen-bond acceptors (Lipinski definition) is 6. The Hall–Kier alpha value is -3.22. The van der Waals surface area contributed by atoms with Crippen LogP contribution in [0.1, 0.15) is 80.9 Å². The Balaban J connectivity index is 1.12. The van der Waals surface area contributed by atoms with Gasteiger partial charge < -0.3 is 23.8 Å². The van der Waals surface area contributed by atoms with Crippen LogP contribution in [-0.2, 0) is 32.7 Å². The Bertz CT molecular complexity index is 1160. The number of carbonyl (C=O) groups excluding carboxylic acids is 2. The molecule has 39 heavy (non-hydrogen) atoms. The van der Waals surface area contributed by atoms with E-state index in [-0.39, 0.29) is 30.4 Å². The van der Waals surface area contributed by atoms with E-state index in [9.17, 15) is 9.59 Å². The SMILES string of the molecule is O=C(OCOc1ccc2c(c1)[C@]13CCCC[C@@H]1[C@@H](C2)N(C(=O)OCc1ccccc1)CC3)OC1CCCCC1. The maximum Gasteiger partial charge on any atom is 0.511 e. The molecule has 0 N–H and O–H groups in total. The smallest absolute Gasteiger partial charge is 0.457 e. The second-order valence-electron chi connectivity index (χ2n) is 11.6. The third-order valence-corrected chi connectivity index (χ3v) is 9.47. The molecule has 0 spiro atoms. The fourth-order valence-electron chi connectivity index (χ4n) is 7.60. The molecule has 0 aromatic heterocycles. The molecule has 1 saturated heterocycles. The van der Waals surface area contributed by atoms with Crippen molar-refractivity contribution in [2.45, 2.75) is 94.8 Å². The van der Waals surface area contributed by atoms with Crippen LogP contribution >= 0.6 is 0 Å². The van der Waals surface area contributed by atoms with Crippen molar-refractivity contribution in [1.82, 2.24) is 4.90 Å². The number of likely N-dealkylation sites (tertiary alicyclic amines) is 1. The molecule has 0 radical (unpaired) electrons. The van der Waals surface area contributed by atoms with E-state index >= 15 is 0 Å². The Morgan fingerprint density at radius 2 is 1.72 bits per heavy atom. The number of piperidine rings is 1. The van der Waals surface area contributed by atoms with Crippen molar-refractivity contribution in [2.75, 3.05) is 13.3 Å². The number of carbonyl (C=O) groups is 2. The van der Waals surface area contributed by atoms with Gasteiger partial charge in [0.05, 0.1) is 0 Å². The molecule has 0 unspecified atom stereocenters. The highest BCUT2D eigenvalue weighted by atomic mass is 16.8. The van der Waals surface area contributed by atoms with Gasteiger partial charge in [-0.15, -0.1) is 0 Å². The number of hydrogen-bond donors (Lipinski definition) is 0. The fraction of sp³-hybridized carbons (Fsp3) is 0.562. The summed E-state index contributed by atoms with van der Waals surface area (Å²) in [6.07, 6.45) is 10.7. The average Bonchev–Trinajstić information content (AvgIpc) is 2.97. The molecular weight excluding hydrogens is 494 g/mol. The number of fused-ring (bicyclic) bond motifs is 1. The van der Waals surface area contributed by atoms with Gasteiger partial charge in [-0.1, -0.05) is 55.7 Å². The quantitative estimate of drug-likeness (QED) is 0.297. The zero-order valence-corrected chi connectivity index (χ0v) is 22.6. The van der Waals surface area contributed by atoms with E-state index in [1.807, 2.05) is 41.3 Å². The minimum absolute atomic E-state index is 0.0354. The monoisotopic (exact) mass is 533 g/mol. The summed E-state index contributed by atoms with van der Waals surface area (Å²) in [5, 5.41) is 0. The minimum atomic E-state index is -0.653. The molecule has 2 bridgehead atoms. The lowest BCUT2D eigenvalue weighted by molar-refractivity contribution is -0.0235. The summed E-state index contributed by atoms with van der Waals surface area (Å²) in [5.74, 6) is 1.12. The largest absolute Gasteiger partial charge is 0.511 e. The number of amides is 1. The van der Waals surface area contributed by atoms with Crippen LogP contribution < -0.4 is 4.74 Å². The van der Waals surface area contributed by atoms with Crippen LogP contribution in [0.4, 0.5) is 9.59 Å². The first-order valence-electron chi connectivity index (χ1n) is 14.7. The first kappa shape index (κ1) is 26.0. The standard InChI is InChI=1S/C32H39NO6/c34-30(36-21-23-9-3-1-4-10-23)33-18-17-32-16-8-7-13-27(32)29(33)19-24-14-15-26(20-28(24)32)37-22-38-31(35)39-25-11-5-2-6-12-25/h1,3-4,9-10,14-15,20,25,27,29H,2,5-8,11-13,16-19,21-22H2/t27-,29-,32+/m1/s1. The zero-order valence-electron chi connectivity index (χ0n) is 22.6. The van der Waals surface area contributed by atoms with E-state index < -0.39 is 6.16 Å². The third kappa shape index (κ3) is 5.45. The molecule has 3 atom stereocenters. The van der Waals surface area contributed by atoms with Gasteiger partial charge in [0.15, 0.2) is 0 Å². The molecule has 1 heterocycles. The van der Waals surface area contributed by atoms with Crippen molar-refractivity contribution in [2.24, 2.45) is 5.92 Å². The zero-order chi connectivity index (χ0) is 26.7. The Morgan fingerprint density at radius 1 is 0.897 bits per heavy atom. The maximum atomic E-state index is 13.2. The Morgan fingerprint density at radius 3 is 2.56 bits per heavy atom. The summed E-state index contributed by atoms with van der Waals surface area (Å²) >= 11 is 0. The summed E-state index contributed by atoms with van der Waals surface area (Å²) in [4.78, 5) is 27.3. The molecule has 3 fully saturated rings. The number of nitrogens with zero attached hydrogens (tertiary/aromatic N) is 1. The predicted octanol–water partition coefficient (Wildman–Crippen LogP) is 6.90. The van der Waals surface area contributed by atoms with E-state index in [0.29, 0.717) is 24.8 Å². The molecular formula is C32H39NO6. The second-order valence-corrected chi connectivity index (χ2v) is 11.6. The summed E-state index contributed by atoms with van der Waals surface area (Å²) in [7, 11) is 0. The first-order valence-corrected chi connectivity index (χ1v) is 14.7. The van der Waals surface area contributed by atoms with E-state index in [1.54, 1.807) is 0 Å². The predicted molar refractivity (Wildman–Crippen MR) is 145 cm³/mol. The van der Waals surface area contributed by atoms with Crippen molar-refractivity contribution in [3.8, 4) is 5.75 Å². The second kappa shape index (κ2) is 11.5. The van der Waals surface area contributed by atoms with Crippen molar-refractivity contribution < 1.29 is 28.5 Å². The van der Waals surface area contributed by atoms with Crippen LogP contribution in [-0.4, -0.2) is 42.6 Å². The van der Waals surface area contributed by atoms with Gasteiger partial charge in [-0.2, -0.15) is 0 Å². The Labute approximate surface area is 230 Å². The van der Waals surface area contributed by atoms with Gasteiger partial charge in [0.1, 0.15) is 18.5 Å². The van der Waals surface area contributed by atoms with Gasteiger partial charge in [-0.3, -0.25) is 0 Å². The molecule has 7 nitrogen and oxygen atoms in total. The van der Waals surface area contributed by atoms with Crippen molar-refractivity contribution in [1.29, 1.82) is 0 Å². The minimum Gasteiger partial charge on any atom is -0.457 e. The van der Waals surface area contributed by atoms with E-state index in [0.717, 1.165) is 56.9 Å². The normalized spacial score (nSPS) is 26.1. The lowest BCUT2D eigenvalue weighted by atomic mass is 9.52. The van der Waals surface area contributed by atoms with Gasteiger partial charge in [0, 0.05) is 18.0 Å². The summed E-state index contributed by atoms with van der Waals surface area (Å²) in [5.41, 5.74) is 3.68. The van der Waals surface area contributed by atoms with Gasteiger partial charge in [-0.25, -0.2) is 9.59 Å². The number of benzene rings is 2. The molecule has 3 aliphatic carbocycles. The summed E-state index contributed by atoms with van der Waals surface area (Å²) in [6, 6.07) is 16.2. The highest BCUT2D eigenvalue weighted by molar-refractivity contribution is 5.69. The van der Waals surface area contributed by atoms with Crippen molar-refractivity contribution in [3.05, 3.63) is 65.2 Å². The van der Waals surface area contributed by atoms with Crippen LogP contribution in [0.3, 0.4) is 0 Å². The number of rotatable bonds is 6. The molecule has 4 aliphatic rings. The molecule has 1 aliphatic heterocycles. The molecule has 2 aromatic carbocycles. The van der Waals surface area contributed by atoms with Crippen molar-refractivity contribution in [3.63, 3.8) is 0 Å². The van der Waals surface area contributed by atoms with Gasteiger partial charge in [-0.05, 0) is 86.1 Å². The molecule has 208 valence electrons. The lowest BCUT2D eigenvalue weighted by Gasteiger charge is -2.58. The lowest BCUT2D eigenvalue weighted by Crippen LogP contribution is -2.62. The van der Waals surface area contributed by atoms with Crippen LogP contribution in [0.2, 0.25) is 0 Å². The fourth-order valence-corrected chi connectivity index (χ4v) is 7.60.